The Kier molecular flexibility index (Phi) is 5.29. The highest BCUT2D eigenvalue weighted by Crippen LogP contribution is 2.40. The van der Waals surface area contributed by atoms with E-state index in [1.54, 1.807) is 24.3 Å². The standard InChI is InChI=1S/C21H24N2O5/c1-21(2,3)13-8-6-12(7-9-13)18(24)22-23-19-14-10-11-15(26-4)17(27-5)16(14)20(25)28-19/h6-11,19,23H,1-5H3,(H,22,24). The molecule has 1 aliphatic rings. The number of cyclic esters (lactones) is 1. The first-order valence-electron chi connectivity index (χ1n) is 8.88. The maximum absolute atomic E-state index is 12.4. The molecule has 0 spiro atoms. The summed E-state index contributed by atoms with van der Waals surface area (Å²) in [5.41, 5.74) is 7.83. The van der Waals surface area contributed by atoms with Crippen LogP contribution in [0.4, 0.5) is 0 Å². The average molecular weight is 384 g/mol. The maximum Gasteiger partial charge on any atom is 0.344 e. The SMILES string of the molecule is COc1ccc2c(c1OC)C(=O)OC2NNC(=O)c1ccc(C(C)(C)C)cc1. The predicted octanol–water partition coefficient (Wildman–Crippen LogP) is 3.10. The van der Waals surface area contributed by atoms with E-state index in [1.807, 2.05) is 12.1 Å². The Morgan fingerprint density at radius 3 is 2.29 bits per heavy atom. The molecule has 2 aromatic rings. The molecule has 1 amide bonds. The molecular weight excluding hydrogens is 360 g/mol. The number of hydrazine groups is 1. The van der Waals surface area contributed by atoms with Gasteiger partial charge in [-0.3, -0.25) is 10.2 Å². The fourth-order valence-electron chi connectivity index (χ4n) is 3.03. The quantitative estimate of drug-likeness (QED) is 0.609. The van der Waals surface area contributed by atoms with E-state index < -0.39 is 12.2 Å². The summed E-state index contributed by atoms with van der Waals surface area (Å²) in [4.78, 5) is 24.7. The van der Waals surface area contributed by atoms with Gasteiger partial charge in [0.2, 0.25) is 0 Å². The van der Waals surface area contributed by atoms with Crippen molar-refractivity contribution in [1.82, 2.24) is 10.9 Å². The summed E-state index contributed by atoms with van der Waals surface area (Å²) in [6.07, 6.45) is -0.819. The minimum absolute atomic E-state index is 0.00906. The number of hydrogen-bond donors (Lipinski definition) is 2. The molecule has 0 aromatic heterocycles. The number of benzene rings is 2. The Labute approximate surface area is 164 Å². The topological polar surface area (TPSA) is 85.9 Å². The van der Waals surface area contributed by atoms with Crippen LogP contribution in [-0.4, -0.2) is 26.1 Å². The van der Waals surface area contributed by atoms with Crippen molar-refractivity contribution in [2.75, 3.05) is 14.2 Å². The van der Waals surface area contributed by atoms with Crippen molar-refractivity contribution < 1.29 is 23.8 Å². The molecule has 0 saturated carbocycles. The third kappa shape index (κ3) is 3.66. The average Bonchev–Trinajstić information content (AvgIpc) is 3.00. The van der Waals surface area contributed by atoms with Gasteiger partial charge in [0.25, 0.3) is 5.91 Å². The summed E-state index contributed by atoms with van der Waals surface area (Å²) in [5, 5.41) is 0. The summed E-state index contributed by atoms with van der Waals surface area (Å²) < 4.78 is 15.8. The van der Waals surface area contributed by atoms with Crippen LogP contribution in [0.15, 0.2) is 36.4 Å². The normalized spacial score (nSPS) is 15.6. The smallest absolute Gasteiger partial charge is 0.344 e. The Morgan fingerprint density at radius 2 is 1.71 bits per heavy atom. The highest BCUT2D eigenvalue weighted by molar-refractivity contribution is 5.98. The zero-order valence-electron chi connectivity index (χ0n) is 16.6. The highest BCUT2D eigenvalue weighted by Gasteiger charge is 2.36. The lowest BCUT2D eigenvalue weighted by Gasteiger charge is -2.19. The van der Waals surface area contributed by atoms with Crippen molar-refractivity contribution in [3.8, 4) is 11.5 Å². The van der Waals surface area contributed by atoms with E-state index in [0.717, 1.165) is 5.56 Å². The number of carbonyl (C=O) groups is 2. The van der Waals surface area contributed by atoms with Gasteiger partial charge in [0.05, 0.1) is 14.2 Å². The highest BCUT2D eigenvalue weighted by atomic mass is 16.6. The molecule has 148 valence electrons. The van der Waals surface area contributed by atoms with Gasteiger partial charge in [-0.05, 0) is 35.2 Å². The molecule has 3 rings (SSSR count). The van der Waals surface area contributed by atoms with Crippen molar-refractivity contribution in [2.24, 2.45) is 0 Å². The zero-order valence-corrected chi connectivity index (χ0v) is 16.6. The number of amides is 1. The lowest BCUT2D eigenvalue weighted by molar-refractivity contribution is 0.0260. The molecule has 0 radical (unpaired) electrons. The summed E-state index contributed by atoms with van der Waals surface area (Å²) in [7, 11) is 2.95. The molecule has 2 aromatic carbocycles. The van der Waals surface area contributed by atoms with E-state index in [0.29, 0.717) is 22.6 Å². The van der Waals surface area contributed by atoms with Gasteiger partial charge in [0.15, 0.2) is 17.7 Å². The Balaban J connectivity index is 1.73. The number of fused-ring (bicyclic) bond motifs is 1. The molecule has 1 atom stereocenters. The van der Waals surface area contributed by atoms with Crippen LogP contribution in [0.2, 0.25) is 0 Å². The molecular formula is C21H24N2O5. The number of ether oxygens (including phenoxy) is 3. The summed E-state index contributed by atoms with van der Waals surface area (Å²) in [5.74, 6) is -0.141. The molecule has 1 unspecified atom stereocenters. The summed E-state index contributed by atoms with van der Waals surface area (Å²) in [6.45, 7) is 6.33. The van der Waals surface area contributed by atoms with Crippen LogP contribution in [-0.2, 0) is 10.2 Å². The number of methoxy groups -OCH3 is 2. The van der Waals surface area contributed by atoms with Crippen molar-refractivity contribution >= 4 is 11.9 Å². The van der Waals surface area contributed by atoms with E-state index in [9.17, 15) is 9.59 Å². The first-order chi connectivity index (χ1) is 13.3. The molecule has 2 N–H and O–H groups in total. The van der Waals surface area contributed by atoms with E-state index in [2.05, 4.69) is 31.6 Å². The molecule has 0 bridgehead atoms. The van der Waals surface area contributed by atoms with Gasteiger partial charge in [0, 0.05) is 11.1 Å². The second-order valence-corrected chi connectivity index (χ2v) is 7.48. The van der Waals surface area contributed by atoms with Crippen molar-refractivity contribution in [2.45, 2.75) is 32.4 Å². The Hall–Kier alpha value is -3.06. The molecule has 0 aliphatic carbocycles. The van der Waals surface area contributed by atoms with Crippen LogP contribution in [0, 0.1) is 0 Å². The second kappa shape index (κ2) is 7.52. The second-order valence-electron chi connectivity index (χ2n) is 7.48. The number of rotatable bonds is 5. The van der Waals surface area contributed by atoms with Gasteiger partial charge in [-0.15, -0.1) is 0 Å². The lowest BCUT2D eigenvalue weighted by Crippen LogP contribution is -2.40. The van der Waals surface area contributed by atoms with E-state index >= 15 is 0 Å². The fraction of sp³-hybridized carbons (Fsp3) is 0.333. The molecule has 0 fully saturated rings. The zero-order chi connectivity index (χ0) is 20.5. The van der Waals surface area contributed by atoms with Gasteiger partial charge in [-0.25, -0.2) is 4.79 Å². The summed E-state index contributed by atoms with van der Waals surface area (Å²) in [6, 6.07) is 10.8. The monoisotopic (exact) mass is 384 g/mol. The van der Waals surface area contributed by atoms with Crippen LogP contribution >= 0.6 is 0 Å². The first kappa shape index (κ1) is 19.7. The molecule has 1 heterocycles. The van der Waals surface area contributed by atoms with Gasteiger partial charge >= 0.3 is 5.97 Å². The largest absolute Gasteiger partial charge is 0.493 e. The molecule has 7 heteroatoms. The van der Waals surface area contributed by atoms with Crippen molar-refractivity contribution in [1.29, 1.82) is 0 Å². The van der Waals surface area contributed by atoms with E-state index in [-0.39, 0.29) is 16.9 Å². The van der Waals surface area contributed by atoms with Crippen LogP contribution in [0.5, 0.6) is 11.5 Å². The minimum atomic E-state index is -0.819. The lowest BCUT2D eigenvalue weighted by atomic mass is 9.87. The van der Waals surface area contributed by atoms with Crippen molar-refractivity contribution in [3.63, 3.8) is 0 Å². The van der Waals surface area contributed by atoms with Crippen LogP contribution < -0.4 is 20.3 Å². The van der Waals surface area contributed by atoms with Crippen molar-refractivity contribution in [3.05, 3.63) is 58.7 Å². The minimum Gasteiger partial charge on any atom is -0.493 e. The summed E-state index contributed by atoms with van der Waals surface area (Å²) >= 11 is 0. The van der Waals surface area contributed by atoms with Crippen LogP contribution in [0.3, 0.4) is 0 Å². The third-order valence-electron chi connectivity index (χ3n) is 4.62. The number of carbonyl (C=O) groups excluding carboxylic acids is 2. The molecule has 7 nitrogen and oxygen atoms in total. The third-order valence-corrected chi connectivity index (χ3v) is 4.62. The van der Waals surface area contributed by atoms with Gasteiger partial charge in [0.1, 0.15) is 5.56 Å². The molecule has 1 aliphatic heterocycles. The number of esters is 1. The van der Waals surface area contributed by atoms with Gasteiger partial charge in [-0.2, -0.15) is 5.43 Å². The fourth-order valence-corrected chi connectivity index (χ4v) is 3.03. The Bertz CT molecular complexity index is 900. The number of hydrogen-bond acceptors (Lipinski definition) is 6. The van der Waals surface area contributed by atoms with E-state index in [1.165, 1.54) is 14.2 Å². The van der Waals surface area contributed by atoms with Gasteiger partial charge < -0.3 is 14.2 Å². The molecule has 28 heavy (non-hydrogen) atoms. The van der Waals surface area contributed by atoms with Crippen LogP contribution in [0.1, 0.15) is 58.8 Å². The van der Waals surface area contributed by atoms with Crippen LogP contribution in [0.25, 0.3) is 0 Å². The number of nitrogens with one attached hydrogen (secondary N) is 2. The predicted molar refractivity (Wildman–Crippen MR) is 103 cm³/mol. The first-order valence-corrected chi connectivity index (χ1v) is 8.88. The molecule has 0 saturated heterocycles. The maximum atomic E-state index is 12.4. The van der Waals surface area contributed by atoms with Gasteiger partial charge in [-0.1, -0.05) is 32.9 Å². The Morgan fingerprint density at radius 1 is 1.04 bits per heavy atom. The van der Waals surface area contributed by atoms with E-state index in [4.69, 9.17) is 14.2 Å².